The molecule has 5 rings (SSSR count). The Bertz CT molecular complexity index is 1620. The number of aromatic nitrogens is 5. The zero-order chi connectivity index (χ0) is 22.9. The van der Waals surface area contributed by atoms with Crippen LogP contribution in [0.15, 0.2) is 67.1 Å². The van der Waals surface area contributed by atoms with E-state index in [-0.39, 0.29) is 5.82 Å². The lowest BCUT2D eigenvalue weighted by Gasteiger charge is -2.03. The van der Waals surface area contributed by atoms with Crippen molar-refractivity contribution in [1.82, 2.24) is 25.1 Å². The number of rotatable bonds is 4. The van der Waals surface area contributed by atoms with Crippen LogP contribution < -0.4 is 10.6 Å². The van der Waals surface area contributed by atoms with Crippen LogP contribution in [0.4, 0.5) is 4.39 Å². The van der Waals surface area contributed by atoms with Crippen LogP contribution in [0.5, 0.6) is 0 Å². The molecule has 0 aliphatic rings. The van der Waals surface area contributed by atoms with E-state index in [1.54, 1.807) is 24.4 Å². The topological polar surface area (TPSA) is 70.2 Å². The highest BCUT2D eigenvalue weighted by atomic mass is 19.1. The summed E-state index contributed by atoms with van der Waals surface area (Å²) in [4.78, 5) is 12.1. The maximum atomic E-state index is 14.4. The third kappa shape index (κ3) is 3.87. The molecular weight excluding hydrogens is 413 g/mol. The van der Waals surface area contributed by atoms with Gasteiger partial charge in [0.2, 0.25) is 0 Å². The number of allylic oxidation sites excluding steroid dienone is 2. The smallest absolute Gasteiger partial charge is 0.132 e. The van der Waals surface area contributed by atoms with E-state index in [0.29, 0.717) is 17.0 Å². The minimum Gasteiger partial charge on any atom is -0.353 e. The standard InChI is InChI=1S/C27H22FN5/c1-16-12-19(15-29-14-16)17(2)8-9-23-18(3)26(33-32-23)25-13-21-24(31-25)10-11-30-27(21)20-6-4-5-7-22(20)28/h4-15,31-32H,3H2,1-2H3/b17-8+,23-9+. The monoisotopic (exact) mass is 435 g/mol. The minimum absolute atomic E-state index is 0.305. The van der Waals surface area contributed by atoms with Gasteiger partial charge in [-0.05, 0) is 67.0 Å². The first kappa shape index (κ1) is 20.6. The highest BCUT2D eigenvalue weighted by molar-refractivity contribution is 5.96. The van der Waals surface area contributed by atoms with Gasteiger partial charge in [-0.25, -0.2) is 4.39 Å². The summed E-state index contributed by atoms with van der Waals surface area (Å²) in [6.07, 6.45) is 9.34. The molecule has 0 radical (unpaired) electrons. The number of nitrogens with zero attached hydrogens (tertiary/aromatic N) is 3. The number of fused-ring (bicyclic) bond motifs is 1. The third-order valence-corrected chi connectivity index (χ3v) is 5.66. The van der Waals surface area contributed by atoms with Gasteiger partial charge in [-0.1, -0.05) is 24.8 Å². The summed E-state index contributed by atoms with van der Waals surface area (Å²) in [7, 11) is 0. The number of benzene rings is 1. The summed E-state index contributed by atoms with van der Waals surface area (Å²) in [5.41, 5.74) is 6.68. The number of hydrogen-bond donors (Lipinski definition) is 2. The van der Waals surface area contributed by atoms with Gasteiger partial charge in [0, 0.05) is 40.3 Å². The molecule has 2 N–H and O–H groups in total. The molecule has 0 bridgehead atoms. The van der Waals surface area contributed by atoms with Crippen molar-refractivity contribution >= 4 is 29.1 Å². The predicted octanol–water partition coefficient (Wildman–Crippen LogP) is 4.76. The van der Waals surface area contributed by atoms with Gasteiger partial charge in [-0.3, -0.25) is 15.1 Å². The van der Waals surface area contributed by atoms with Crippen LogP contribution in [0.1, 0.15) is 18.1 Å². The molecule has 0 spiro atoms. The molecule has 162 valence electrons. The van der Waals surface area contributed by atoms with Crippen molar-refractivity contribution < 1.29 is 4.39 Å². The second kappa shape index (κ2) is 8.31. The van der Waals surface area contributed by atoms with E-state index in [1.807, 2.05) is 50.5 Å². The van der Waals surface area contributed by atoms with Crippen LogP contribution in [0.25, 0.3) is 51.8 Å². The molecular formula is C27H22FN5. The number of H-pyrrole nitrogens is 2. The Hall–Kier alpha value is -4.32. The Balaban J connectivity index is 1.55. The van der Waals surface area contributed by atoms with Crippen LogP contribution in [0.3, 0.4) is 0 Å². The van der Waals surface area contributed by atoms with Gasteiger partial charge >= 0.3 is 0 Å². The molecule has 1 aromatic carbocycles. The molecule has 4 aromatic heterocycles. The van der Waals surface area contributed by atoms with E-state index in [4.69, 9.17) is 0 Å². The Kier molecular flexibility index (Phi) is 5.18. The van der Waals surface area contributed by atoms with Crippen molar-refractivity contribution in [3.63, 3.8) is 0 Å². The van der Waals surface area contributed by atoms with E-state index >= 15 is 0 Å². The maximum Gasteiger partial charge on any atom is 0.132 e. The molecule has 0 unspecified atom stereocenters. The maximum absolute atomic E-state index is 14.4. The average Bonchev–Trinajstić information content (AvgIpc) is 3.41. The summed E-state index contributed by atoms with van der Waals surface area (Å²) in [5.74, 6) is -0.305. The molecule has 0 fully saturated rings. The Labute approximate surface area is 190 Å². The van der Waals surface area contributed by atoms with Crippen LogP contribution in [0.2, 0.25) is 0 Å². The Morgan fingerprint density at radius 2 is 1.94 bits per heavy atom. The summed E-state index contributed by atoms with van der Waals surface area (Å²) in [6.45, 7) is 8.29. The molecule has 6 heteroatoms. The Morgan fingerprint density at radius 3 is 2.76 bits per heavy atom. The van der Waals surface area contributed by atoms with Crippen molar-refractivity contribution in [3.05, 3.63) is 94.6 Å². The van der Waals surface area contributed by atoms with Crippen molar-refractivity contribution in [2.75, 3.05) is 0 Å². The number of pyridine rings is 2. The van der Waals surface area contributed by atoms with Crippen molar-refractivity contribution in [3.8, 4) is 22.6 Å². The summed E-state index contributed by atoms with van der Waals surface area (Å²) < 4.78 is 14.4. The minimum atomic E-state index is -0.305. The molecule has 33 heavy (non-hydrogen) atoms. The van der Waals surface area contributed by atoms with E-state index in [2.05, 4.69) is 37.8 Å². The molecule has 0 aliphatic carbocycles. The molecule has 5 nitrogen and oxygen atoms in total. The van der Waals surface area contributed by atoms with Crippen LogP contribution >= 0.6 is 0 Å². The highest BCUT2D eigenvalue weighted by Crippen LogP contribution is 2.30. The molecule has 4 heterocycles. The van der Waals surface area contributed by atoms with Gasteiger partial charge < -0.3 is 4.98 Å². The lowest BCUT2D eigenvalue weighted by Crippen LogP contribution is -2.21. The van der Waals surface area contributed by atoms with E-state index < -0.39 is 0 Å². The fourth-order valence-electron chi connectivity index (χ4n) is 3.86. The van der Waals surface area contributed by atoms with Gasteiger partial charge in [-0.15, -0.1) is 0 Å². The SMILES string of the molecule is C=c1c(-c2cc3c(-c4ccccc4F)nccc3[nH]2)n[nH]/c1=C/C=C(\C)c1cncc(C)c1. The summed E-state index contributed by atoms with van der Waals surface area (Å²) in [5, 5.41) is 9.96. The molecule has 0 saturated heterocycles. The number of nitrogens with one attached hydrogen (secondary N) is 2. The van der Waals surface area contributed by atoms with Crippen molar-refractivity contribution in [2.45, 2.75) is 13.8 Å². The van der Waals surface area contributed by atoms with Crippen molar-refractivity contribution in [2.24, 2.45) is 0 Å². The second-order valence-corrected chi connectivity index (χ2v) is 8.02. The first-order valence-electron chi connectivity index (χ1n) is 10.6. The quantitative estimate of drug-likeness (QED) is 0.428. The average molecular weight is 436 g/mol. The van der Waals surface area contributed by atoms with Crippen LogP contribution in [-0.2, 0) is 0 Å². The lowest BCUT2D eigenvalue weighted by molar-refractivity contribution is 0.631. The van der Waals surface area contributed by atoms with Gasteiger partial charge in [0.05, 0.1) is 16.7 Å². The number of hydrogen-bond acceptors (Lipinski definition) is 3. The highest BCUT2D eigenvalue weighted by Gasteiger charge is 2.14. The number of aryl methyl sites for hydroxylation is 1. The molecule has 5 aromatic rings. The van der Waals surface area contributed by atoms with E-state index in [0.717, 1.165) is 43.9 Å². The summed E-state index contributed by atoms with van der Waals surface area (Å²) in [6, 6.07) is 12.6. The summed E-state index contributed by atoms with van der Waals surface area (Å²) >= 11 is 0. The number of aromatic amines is 2. The van der Waals surface area contributed by atoms with E-state index in [9.17, 15) is 4.39 Å². The molecule has 0 saturated carbocycles. The normalized spacial score (nSPS) is 12.6. The fourth-order valence-corrected chi connectivity index (χ4v) is 3.86. The zero-order valence-corrected chi connectivity index (χ0v) is 18.4. The zero-order valence-electron chi connectivity index (χ0n) is 18.4. The van der Waals surface area contributed by atoms with E-state index in [1.165, 1.54) is 6.07 Å². The van der Waals surface area contributed by atoms with Gasteiger partial charge in [0.1, 0.15) is 11.5 Å². The second-order valence-electron chi connectivity index (χ2n) is 8.02. The van der Waals surface area contributed by atoms with Gasteiger partial charge in [-0.2, -0.15) is 5.10 Å². The predicted molar refractivity (Wildman–Crippen MR) is 131 cm³/mol. The van der Waals surface area contributed by atoms with Gasteiger partial charge in [0.25, 0.3) is 0 Å². The first-order chi connectivity index (χ1) is 16.0. The fraction of sp³-hybridized carbons (Fsp3) is 0.0741. The van der Waals surface area contributed by atoms with Crippen LogP contribution in [-0.4, -0.2) is 25.1 Å². The van der Waals surface area contributed by atoms with Gasteiger partial charge in [0.15, 0.2) is 0 Å². The van der Waals surface area contributed by atoms with Crippen molar-refractivity contribution in [1.29, 1.82) is 0 Å². The Morgan fingerprint density at radius 1 is 1.09 bits per heavy atom. The third-order valence-electron chi connectivity index (χ3n) is 5.66. The molecule has 0 aliphatic heterocycles. The number of halogens is 1. The first-order valence-corrected chi connectivity index (χ1v) is 10.6. The molecule has 0 atom stereocenters. The van der Waals surface area contributed by atoms with Crippen LogP contribution in [0, 0.1) is 12.7 Å². The largest absolute Gasteiger partial charge is 0.353 e. The molecule has 0 amide bonds. The lowest BCUT2D eigenvalue weighted by atomic mass is 10.1.